The van der Waals surface area contributed by atoms with E-state index in [1.165, 1.54) is 17.1 Å². The second-order valence-electron chi connectivity index (χ2n) is 5.56. The number of amides is 1. The summed E-state index contributed by atoms with van der Waals surface area (Å²) in [7, 11) is -3.86. The summed E-state index contributed by atoms with van der Waals surface area (Å²) in [6.45, 7) is 1.96. The van der Waals surface area contributed by atoms with Crippen LogP contribution in [0.4, 0.5) is 0 Å². The number of aryl methyl sites for hydroxylation is 1. The van der Waals surface area contributed by atoms with Gasteiger partial charge in [0, 0.05) is 32.4 Å². The molecule has 0 unspecified atom stereocenters. The molecule has 2 aliphatic heterocycles. The Kier molecular flexibility index (Phi) is 3.25. The third-order valence-corrected chi connectivity index (χ3v) is 6.17. The Labute approximate surface area is 126 Å². The molecule has 2 fully saturated rings. The minimum absolute atomic E-state index is 0.00951. The fourth-order valence-electron chi connectivity index (χ4n) is 3.02. The molecule has 3 heterocycles. The average molecular weight is 328 g/mol. The highest BCUT2D eigenvalue weighted by atomic mass is 32.2. The maximum absolute atomic E-state index is 12.6. The molecular weight excluding hydrogens is 312 g/mol. The third kappa shape index (κ3) is 1.94. The van der Waals surface area contributed by atoms with Crippen LogP contribution in [-0.4, -0.2) is 59.1 Å². The van der Waals surface area contributed by atoms with Gasteiger partial charge in [0.2, 0.25) is 15.9 Å². The summed E-state index contributed by atoms with van der Waals surface area (Å²) >= 11 is 0. The number of fused-ring (bicyclic) bond motifs is 1. The Bertz CT molecular complexity index is 742. The van der Waals surface area contributed by atoms with Crippen molar-refractivity contribution in [3.63, 3.8) is 0 Å². The van der Waals surface area contributed by atoms with Gasteiger partial charge in [0.15, 0.2) is 0 Å². The van der Waals surface area contributed by atoms with Crippen molar-refractivity contribution >= 4 is 21.9 Å². The molecule has 0 bridgehead atoms. The number of carbonyl (C=O) groups is 2. The quantitative estimate of drug-likeness (QED) is 0.710. The Hall–Kier alpha value is -1.94. The van der Waals surface area contributed by atoms with E-state index in [0.717, 1.165) is 4.31 Å². The lowest BCUT2D eigenvalue weighted by atomic mass is 9.81. The number of nitrogens with zero attached hydrogens (tertiary/aromatic N) is 3. The van der Waals surface area contributed by atoms with Gasteiger partial charge in [0.25, 0.3) is 0 Å². The molecule has 2 saturated heterocycles. The summed E-state index contributed by atoms with van der Waals surface area (Å²) in [5, 5.41) is 15.9. The Balaban J connectivity index is 1.94. The number of hydrogen-bond acceptors (Lipinski definition) is 5. The molecule has 10 heteroatoms. The summed E-state index contributed by atoms with van der Waals surface area (Å²) in [5.41, 5.74) is -1.38. The smallest absolute Gasteiger partial charge is 0.313 e. The van der Waals surface area contributed by atoms with Crippen molar-refractivity contribution in [1.82, 2.24) is 19.4 Å². The van der Waals surface area contributed by atoms with Crippen molar-refractivity contribution < 1.29 is 23.1 Å². The van der Waals surface area contributed by atoms with E-state index in [4.69, 9.17) is 0 Å². The van der Waals surface area contributed by atoms with Gasteiger partial charge < -0.3 is 10.4 Å². The number of carboxylic acid groups (broad SMARTS) is 1. The number of carboxylic acids is 1. The van der Waals surface area contributed by atoms with E-state index in [2.05, 4.69) is 10.4 Å². The molecule has 2 N–H and O–H groups in total. The molecule has 1 aromatic rings. The summed E-state index contributed by atoms with van der Waals surface area (Å²) < 4.78 is 27.8. The maximum atomic E-state index is 12.6. The first kappa shape index (κ1) is 15.0. The Morgan fingerprint density at radius 2 is 2.32 bits per heavy atom. The summed E-state index contributed by atoms with van der Waals surface area (Å²) in [6, 6.07) is 0. The van der Waals surface area contributed by atoms with Gasteiger partial charge in [-0.05, 0) is 6.92 Å². The lowest BCUT2D eigenvalue weighted by Gasteiger charge is -2.21. The van der Waals surface area contributed by atoms with Gasteiger partial charge in [-0.2, -0.15) is 9.40 Å². The van der Waals surface area contributed by atoms with Crippen molar-refractivity contribution in [2.24, 2.45) is 11.3 Å². The van der Waals surface area contributed by atoms with Crippen molar-refractivity contribution in [1.29, 1.82) is 0 Å². The van der Waals surface area contributed by atoms with Crippen LogP contribution < -0.4 is 5.32 Å². The molecule has 22 heavy (non-hydrogen) atoms. The zero-order chi connectivity index (χ0) is 16.1. The van der Waals surface area contributed by atoms with Crippen molar-refractivity contribution in [3.05, 3.63) is 12.4 Å². The SMILES string of the molecule is CCn1cc(S(=O)(=O)N2C[C@H]3C(=O)NC[C@@]3(C(=O)O)C2)cn1. The van der Waals surface area contributed by atoms with Gasteiger partial charge in [0.1, 0.15) is 10.3 Å². The van der Waals surface area contributed by atoms with Crippen LogP contribution in [0.1, 0.15) is 6.92 Å². The predicted octanol–water partition coefficient (Wildman–Crippen LogP) is -1.28. The standard InChI is InChI=1S/C12H16N4O5S/c1-2-15-4-8(3-14-15)22(20,21)16-5-9-10(17)13-6-12(9,7-16)11(18)19/h3-4,9H,2,5-7H2,1H3,(H,13,17)(H,18,19)/t9-,12+/m0/s1. The molecule has 0 saturated carbocycles. The first-order chi connectivity index (χ1) is 10.3. The number of rotatable bonds is 4. The van der Waals surface area contributed by atoms with Crippen LogP contribution in [-0.2, 0) is 26.2 Å². The lowest BCUT2D eigenvalue weighted by Crippen LogP contribution is -2.41. The van der Waals surface area contributed by atoms with Crippen LogP contribution >= 0.6 is 0 Å². The maximum Gasteiger partial charge on any atom is 0.313 e. The van der Waals surface area contributed by atoms with Crippen LogP contribution in [0.5, 0.6) is 0 Å². The van der Waals surface area contributed by atoms with E-state index in [1.807, 2.05) is 6.92 Å². The fraction of sp³-hybridized carbons (Fsp3) is 0.583. The van der Waals surface area contributed by atoms with Crippen molar-refractivity contribution in [2.75, 3.05) is 19.6 Å². The van der Waals surface area contributed by atoms with Crippen LogP contribution in [0.15, 0.2) is 17.3 Å². The monoisotopic (exact) mass is 328 g/mol. The van der Waals surface area contributed by atoms with E-state index in [1.54, 1.807) is 0 Å². The summed E-state index contributed by atoms with van der Waals surface area (Å²) in [6.07, 6.45) is 2.64. The average Bonchev–Trinajstić information content (AvgIpc) is 3.14. The van der Waals surface area contributed by atoms with Crippen molar-refractivity contribution in [3.8, 4) is 0 Å². The highest BCUT2D eigenvalue weighted by Gasteiger charge is 2.61. The van der Waals surface area contributed by atoms with E-state index in [9.17, 15) is 23.1 Å². The minimum atomic E-state index is -3.86. The molecule has 0 aromatic carbocycles. The Morgan fingerprint density at radius 1 is 1.59 bits per heavy atom. The molecule has 0 aliphatic carbocycles. The lowest BCUT2D eigenvalue weighted by molar-refractivity contribution is -0.149. The van der Waals surface area contributed by atoms with Gasteiger partial charge in [0.05, 0.1) is 12.1 Å². The van der Waals surface area contributed by atoms with Gasteiger partial charge in [-0.25, -0.2) is 8.42 Å². The Morgan fingerprint density at radius 3 is 2.86 bits per heavy atom. The van der Waals surface area contributed by atoms with Crippen molar-refractivity contribution in [2.45, 2.75) is 18.4 Å². The van der Waals surface area contributed by atoms with E-state index in [-0.39, 0.29) is 24.5 Å². The predicted molar refractivity (Wildman–Crippen MR) is 73.2 cm³/mol. The molecular formula is C12H16N4O5S. The molecule has 120 valence electrons. The number of nitrogens with one attached hydrogen (secondary N) is 1. The minimum Gasteiger partial charge on any atom is -0.481 e. The molecule has 1 amide bonds. The largest absolute Gasteiger partial charge is 0.481 e. The topological polar surface area (TPSA) is 122 Å². The van der Waals surface area contributed by atoms with Gasteiger partial charge in [-0.15, -0.1) is 0 Å². The van der Waals surface area contributed by atoms with Crippen LogP contribution in [0.3, 0.4) is 0 Å². The molecule has 0 radical (unpaired) electrons. The zero-order valence-corrected chi connectivity index (χ0v) is 12.7. The summed E-state index contributed by atoms with van der Waals surface area (Å²) in [5.74, 6) is -2.43. The number of carbonyl (C=O) groups excluding carboxylic acids is 1. The third-order valence-electron chi connectivity index (χ3n) is 4.40. The molecule has 0 spiro atoms. The normalized spacial score (nSPS) is 28.6. The molecule has 3 rings (SSSR count). The number of hydrogen-bond donors (Lipinski definition) is 2. The number of aromatic nitrogens is 2. The van der Waals surface area contributed by atoms with E-state index in [0.29, 0.717) is 6.54 Å². The first-order valence-electron chi connectivity index (χ1n) is 6.85. The van der Waals surface area contributed by atoms with E-state index < -0.39 is 33.2 Å². The first-order valence-corrected chi connectivity index (χ1v) is 8.29. The molecule has 2 atom stereocenters. The van der Waals surface area contributed by atoms with Crippen LogP contribution in [0, 0.1) is 11.3 Å². The van der Waals surface area contributed by atoms with Gasteiger partial charge >= 0.3 is 5.97 Å². The fourth-order valence-corrected chi connectivity index (χ4v) is 4.50. The highest BCUT2D eigenvalue weighted by molar-refractivity contribution is 7.89. The van der Waals surface area contributed by atoms with Gasteiger partial charge in [-0.3, -0.25) is 14.3 Å². The van der Waals surface area contributed by atoms with Crippen LogP contribution in [0.25, 0.3) is 0 Å². The second-order valence-corrected chi connectivity index (χ2v) is 7.50. The highest BCUT2D eigenvalue weighted by Crippen LogP contribution is 2.41. The van der Waals surface area contributed by atoms with Gasteiger partial charge in [-0.1, -0.05) is 0 Å². The molecule has 1 aromatic heterocycles. The molecule has 9 nitrogen and oxygen atoms in total. The molecule has 2 aliphatic rings. The summed E-state index contributed by atoms with van der Waals surface area (Å²) in [4.78, 5) is 23.4. The number of aliphatic carboxylic acids is 1. The van der Waals surface area contributed by atoms with E-state index >= 15 is 0 Å². The zero-order valence-electron chi connectivity index (χ0n) is 11.9. The number of sulfonamides is 1. The second kappa shape index (κ2) is 4.78. The van der Waals surface area contributed by atoms with Crippen LogP contribution in [0.2, 0.25) is 0 Å².